The van der Waals surface area contributed by atoms with Gasteiger partial charge in [0.05, 0.1) is 18.8 Å². The van der Waals surface area contributed by atoms with E-state index in [9.17, 15) is 33.9 Å². The van der Waals surface area contributed by atoms with Crippen LogP contribution in [0.15, 0.2) is 12.5 Å². The molecule has 15 heteroatoms. The molecule has 15 nitrogen and oxygen atoms in total. The van der Waals surface area contributed by atoms with Crippen LogP contribution in [0.3, 0.4) is 0 Å². The van der Waals surface area contributed by atoms with E-state index in [2.05, 4.69) is 25.9 Å². The summed E-state index contributed by atoms with van der Waals surface area (Å²) >= 11 is 0. The van der Waals surface area contributed by atoms with Gasteiger partial charge in [-0.25, -0.2) is 9.78 Å². The minimum Gasteiger partial charge on any atom is -0.481 e. The van der Waals surface area contributed by atoms with Gasteiger partial charge in [0, 0.05) is 24.7 Å². The Morgan fingerprint density at radius 1 is 0.939 bits per heavy atom. The topological polar surface area (TPSA) is 254 Å². The number of rotatable bonds is 14. The molecule has 0 spiro atoms. The number of carboxylic acids is 3. The van der Waals surface area contributed by atoms with Crippen molar-refractivity contribution in [3.8, 4) is 0 Å². The summed E-state index contributed by atoms with van der Waals surface area (Å²) in [5.74, 6) is -6.95. The third kappa shape index (κ3) is 9.77. The Morgan fingerprint density at radius 2 is 1.52 bits per heavy atom. The number of hydrogen-bond acceptors (Lipinski definition) is 8. The molecule has 0 aliphatic heterocycles. The summed E-state index contributed by atoms with van der Waals surface area (Å²) in [6.07, 6.45) is 0.711. The fraction of sp³-hybridized carbons (Fsp3) is 0.500. The SMILES string of the molecule is CC(N)C(=O)NC(CC(=O)O)C(=O)NC(Cc1cnc[nH]1)C(=O)NC(CCC(=O)O)C(=O)O. The molecular weight excluding hydrogens is 444 g/mol. The number of aliphatic carboxylic acids is 3. The molecule has 1 heterocycles. The number of imidazole rings is 1. The molecule has 0 fully saturated rings. The van der Waals surface area contributed by atoms with Crippen LogP contribution in [0.5, 0.6) is 0 Å². The highest BCUT2D eigenvalue weighted by Crippen LogP contribution is 2.05. The number of hydrogen-bond donors (Lipinski definition) is 8. The highest BCUT2D eigenvalue weighted by atomic mass is 16.4. The van der Waals surface area contributed by atoms with Gasteiger partial charge in [-0.15, -0.1) is 0 Å². The predicted molar refractivity (Wildman–Crippen MR) is 108 cm³/mol. The molecule has 0 radical (unpaired) electrons. The Kier molecular flexibility index (Phi) is 10.4. The van der Waals surface area contributed by atoms with Crippen LogP contribution in [0.2, 0.25) is 0 Å². The summed E-state index contributed by atoms with van der Waals surface area (Å²) in [5, 5.41) is 33.7. The number of nitrogens with two attached hydrogens (primary N) is 1. The first-order valence-electron chi connectivity index (χ1n) is 9.71. The second-order valence-electron chi connectivity index (χ2n) is 7.12. The molecule has 0 bridgehead atoms. The van der Waals surface area contributed by atoms with E-state index in [-0.39, 0.29) is 6.42 Å². The molecule has 0 saturated heterocycles. The van der Waals surface area contributed by atoms with Gasteiger partial charge in [-0.05, 0) is 13.3 Å². The summed E-state index contributed by atoms with van der Waals surface area (Å²) in [4.78, 5) is 77.0. The number of H-pyrrole nitrogens is 1. The largest absolute Gasteiger partial charge is 0.481 e. The number of nitrogens with zero attached hydrogens (tertiary/aromatic N) is 1. The summed E-state index contributed by atoms with van der Waals surface area (Å²) in [7, 11) is 0. The lowest BCUT2D eigenvalue weighted by Crippen LogP contribution is -2.57. The Bertz CT molecular complexity index is 871. The standard InChI is InChI=1S/C18H26N6O9/c1-8(19)15(29)23-12(5-14(27)28)17(31)24-11(4-9-6-20-7-21-9)16(30)22-10(18(32)33)2-3-13(25)26/h6-8,10-12H,2-5,19H2,1H3,(H,20,21)(H,22,30)(H,23,29)(H,24,31)(H,25,26)(H,27,28)(H,32,33). The van der Waals surface area contributed by atoms with Crippen LogP contribution >= 0.6 is 0 Å². The molecule has 0 aliphatic carbocycles. The van der Waals surface area contributed by atoms with Crippen molar-refractivity contribution in [3.05, 3.63) is 18.2 Å². The van der Waals surface area contributed by atoms with E-state index in [0.717, 1.165) is 0 Å². The van der Waals surface area contributed by atoms with Crippen molar-refractivity contribution < 1.29 is 44.1 Å². The van der Waals surface area contributed by atoms with E-state index in [0.29, 0.717) is 5.69 Å². The smallest absolute Gasteiger partial charge is 0.326 e. The first-order valence-corrected chi connectivity index (χ1v) is 9.71. The minimum atomic E-state index is -1.57. The lowest BCUT2D eigenvalue weighted by Gasteiger charge is -2.24. The predicted octanol–water partition coefficient (Wildman–Crippen LogP) is -2.82. The molecule has 182 valence electrons. The van der Waals surface area contributed by atoms with E-state index in [1.165, 1.54) is 19.4 Å². The van der Waals surface area contributed by atoms with Gasteiger partial charge in [-0.2, -0.15) is 0 Å². The highest BCUT2D eigenvalue weighted by molar-refractivity contribution is 5.95. The molecule has 1 aromatic rings. The van der Waals surface area contributed by atoms with Gasteiger partial charge < -0.3 is 42.0 Å². The molecule has 0 aliphatic rings. The number of carbonyl (C=O) groups excluding carboxylic acids is 3. The molecule has 0 aromatic carbocycles. The second-order valence-corrected chi connectivity index (χ2v) is 7.12. The number of nitrogens with one attached hydrogen (secondary N) is 4. The summed E-state index contributed by atoms with van der Waals surface area (Å²) in [5.41, 5.74) is 5.80. The van der Waals surface area contributed by atoms with Crippen molar-refractivity contribution in [3.63, 3.8) is 0 Å². The lowest BCUT2D eigenvalue weighted by molar-refractivity contribution is -0.144. The Balaban J connectivity index is 3.05. The third-order valence-corrected chi connectivity index (χ3v) is 4.30. The Labute approximate surface area is 187 Å². The van der Waals surface area contributed by atoms with E-state index in [4.69, 9.17) is 15.9 Å². The zero-order valence-corrected chi connectivity index (χ0v) is 17.6. The fourth-order valence-electron chi connectivity index (χ4n) is 2.58. The van der Waals surface area contributed by atoms with Crippen LogP contribution in [-0.4, -0.2) is 85.1 Å². The maximum absolute atomic E-state index is 12.7. The van der Waals surface area contributed by atoms with Crippen LogP contribution in [-0.2, 0) is 35.2 Å². The molecule has 3 amide bonds. The third-order valence-electron chi connectivity index (χ3n) is 4.30. The van der Waals surface area contributed by atoms with Crippen molar-refractivity contribution >= 4 is 35.6 Å². The lowest BCUT2D eigenvalue weighted by atomic mass is 10.1. The quantitative estimate of drug-likeness (QED) is 0.137. The number of amides is 3. The number of aromatic amines is 1. The Hall–Kier alpha value is -4.01. The van der Waals surface area contributed by atoms with Crippen LogP contribution in [0.1, 0.15) is 31.9 Å². The van der Waals surface area contributed by atoms with Gasteiger partial charge in [0.15, 0.2) is 0 Å². The molecule has 9 N–H and O–H groups in total. The van der Waals surface area contributed by atoms with Crippen LogP contribution < -0.4 is 21.7 Å². The summed E-state index contributed by atoms with van der Waals surface area (Å²) in [6.45, 7) is 1.32. The number of carboxylic acid groups (broad SMARTS) is 3. The van der Waals surface area contributed by atoms with Gasteiger partial charge in [0.2, 0.25) is 17.7 Å². The normalized spacial score (nSPS) is 14.2. The van der Waals surface area contributed by atoms with Gasteiger partial charge in [0.25, 0.3) is 0 Å². The fourth-order valence-corrected chi connectivity index (χ4v) is 2.58. The van der Waals surface area contributed by atoms with Crippen LogP contribution in [0.4, 0.5) is 0 Å². The van der Waals surface area contributed by atoms with Gasteiger partial charge in [-0.1, -0.05) is 0 Å². The highest BCUT2D eigenvalue weighted by Gasteiger charge is 2.31. The number of aromatic nitrogens is 2. The van der Waals surface area contributed by atoms with E-state index in [1.54, 1.807) is 0 Å². The van der Waals surface area contributed by atoms with Gasteiger partial charge >= 0.3 is 17.9 Å². The monoisotopic (exact) mass is 470 g/mol. The van der Waals surface area contributed by atoms with Crippen molar-refractivity contribution in [1.82, 2.24) is 25.9 Å². The molecule has 33 heavy (non-hydrogen) atoms. The zero-order chi connectivity index (χ0) is 25.1. The summed E-state index contributed by atoms with van der Waals surface area (Å²) < 4.78 is 0. The van der Waals surface area contributed by atoms with Crippen LogP contribution in [0, 0.1) is 0 Å². The molecule has 1 aromatic heterocycles. The Morgan fingerprint density at radius 3 is 2.00 bits per heavy atom. The van der Waals surface area contributed by atoms with Crippen molar-refractivity contribution in [2.24, 2.45) is 5.73 Å². The van der Waals surface area contributed by atoms with Crippen molar-refractivity contribution in [2.45, 2.75) is 56.8 Å². The zero-order valence-electron chi connectivity index (χ0n) is 17.6. The maximum Gasteiger partial charge on any atom is 0.326 e. The summed E-state index contributed by atoms with van der Waals surface area (Å²) in [6, 6.07) is -5.57. The number of carbonyl (C=O) groups is 6. The van der Waals surface area contributed by atoms with Crippen LogP contribution in [0.25, 0.3) is 0 Å². The van der Waals surface area contributed by atoms with Crippen molar-refractivity contribution in [1.29, 1.82) is 0 Å². The molecule has 4 atom stereocenters. The molecule has 4 unspecified atom stereocenters. The van der Waals surface area contributed by atoms with E-state index >= 15 is 0 Å². The van der Waals surface area contributed by atoms with E-state index < -0.39 is 79.1 Å². The first-order chi connectivity index (χ1) is 15.4. The average Bonchev–Trinajstić information content (AvgIpc) is 3.22. The first kappa shape index (κ1) is 27.0. The minimum absolute atomic E-state index is 0.191. The molecule has 0 saturated carbocycles. The van der Waals surface area contributed by atoms with Crippen molar-refractivity contribution in [2.75, 3.05) is 0 Å². The van der Waals surface area contributed by atoms with Gasteiger partial charge in [0.1, 0.15) is 18.1 Å². The van der Waals surface area contributed by atoms with Gasteiger partial charge in [-0.3, -0.25) is 24.0 Å². The maximum atomic E-state index is 12.7. The second kappa shape index (κ2) is 12.7. The average molecular weight is 470 g/mol. The molecular formula is C18H26N6O9. The molecule has 1 rings (SSSR count). The van der Waals surface area contributed by atoms with E-state index in [1.807, 2.05) is 0 Å².